The average molecular weight is 250 g/mol. The smallest absolute Gasteiger partial charge is 0.410 e. The lowest BCUT2D eigenvalue weighted by atomic mass is 9.78. The van der Waals surface area contributed by atoms with E-state index in [0.29, 0.717) is 25.4 Å². The van der Waals surface area contributed by atoms with Gasteiger partial charge in [0.15, 0.2) is 0 Å². The molecule has 2 rings (SSSR count). The molecule has 1 aliphatic carbocycles. The second-order valence-electron chi connectivity index (χ2n) is 6.06. The Hall–Kier alpha value is -1.24. The van der Waals surface area contributed by atoms with Crippen LogP contribution in [0, 0.1) is 22.7 Å². The molecule has 1 aliphatic heterocycles. The third-order valence-electron chi connectivity index (χ3n) is 4.31. The third kappa shape index (κ3) is 3.16. The van der Waals surface area contributed by atoms with Crippen molar-refractivity contribution in [1.29, 1.82) is 5.26 Å². The van der Waals surface area contributed by atoms with Gasteiger partial charge in [-0.2, -0.15) is 5.26 Å². The number of nitrogens with zero attached hydrogens (tertiary/aromatic N) is 2. The van der Waals surface area contributed by atoms with Gasteiger partial charge >= 0.3 is 6.09 Å². The van der Waals surface area contributed by atoms with Crippen LogP contribution in [0.1, 0.15) is 46.0 Å². The van der Waals surface area contributed by atoms with Crippen LogP contribution in [0.5, 0.6) is 0 Å². The summed E-state index contributed by atoms with van der Waals surface area (Å²) in [6.45, 7) is 5.55. The van der Waals surface area contributed by atoms with Crippen LogP contribution >= 0.6 is 0 Å². The number of hydrogen-bond donors (Lipinski definition) is 0. The maximum absolute atomic E-state index is 11.9. The number of amides is 1. The van der Waals surface area contributed by atoms with Crippen LogP contribution < -0.4 is 0 Å². The highest BCUT2D eigenvalue weighted by atomic mass is 16.6. The van der Waals surface area contributed by atoms with E-state index in [-0.39, 0.29) is 17.6 Å². The zero-order chi connectivity index (χ0) is 13.2. The van der Waals surface area contributed by atoms with Gasteiger partial charge in [-0.05, 0) is 43.9 Å². The lowest BCUT2D eigenvalue weighted by Crippen LogP contribution is -2.43. The molecular formula is C14H22N2O2. The fraction of sp³-hybridized carbons (Fsp3) is 0.857. The van der Waals surface area contributed by atoms with E-state index in [0.717, 1.165) is 12.8 Å². The van der Waals surface area contributed by atoms with Crippen molar-refractivity contribution in [2.45, 2.75) is 52.1 Å². The largest absolute Gasteiger partial charge is 0.446 e. The molecule has 2 aliphatic rings. The Morgan fingerprint density at radius 3 is 2.61 bits per heavy atom. The molecule has 1 unspecified atom stereocenters. The predicted octanol–water partition coefficient (Wildman–Crippen LogP) is 2.94. The summed E-state index contributed by atoms with van der Waals surface area (Å²) in [6, 6.07) is 2.24. The van der Waals surface area contributed by atoms with Crippen LogP contribution in [-0.4, -0.2) is 30.2 Å². The second-order valence-corrected chi connectivity index (χ2v) is 6.06. The maximum atomic E-state index is 11.9. The van der Waals surface area contributed by atoms with E-state index in [1.54, 1.807) is 4.90 Å². The molecule has 0 N–H and O–H groups in total. The van der Waals surface area contributed by atoms with Crippen molar-refractivity contribution in [3.05, 3.63) is 0 Å². The lowest BCUT2D eigenvalue weighted by molar-refractivity contribution is 0.0418. The predicted molar refractivity (Wildman–Crippen MR) is 67.8 cm³/mol. The molecule has 100 valence electrons. The molecule has 0 aromatic carbocycles. The van der Waals surface area contributed by atoms with Crippen molar-refractivity contribution < 1.29 is 9.53 Å². The van der Waals surface area contributed by atoms with Crippen molar-refractivity contribution >= 4 is 6.09 Å². The van der Waals surface area contributed by atoms with Crippen LogP contribution in [0.25, 0.3) is 0 Å². The third-order valence-corrected chi connectivity index (χ3v) is 4.31. The standard InChI is InChI=1S/C14H22N2O2/c1-11(12-3-4-12)18-13(17)16-9-6-14(2,5-8-15)7-10-16/h11-12H,3-7,9-10H2,1-2H3. The van der Waals surface area contributed by atoms with Gasteiger partial charge in [-0.3, -0.25) is 0 Å². The summed E-state index contributed by atoms with van der Waals surface area (Å²) in [7, 11) is 0. The molecule has 4 heteroatoms. The zero-order valence-corrected chi connectivity index (χ0v) is 11.3. The average Bonchev–Trinajstić information content (AvgIpc) is 3.13. The minimum absolute atomic E-state index is 0.0601. The molecule has 1 saturated carbocycles. The van der Waals surface area contributed by atoms with Crippen LogP contribution in [0.3, 0.4) is 0 Å². The number of likely N-dealkylation sites (tertiary alicyclic amines) is 1. The first-order chi connectivity index (χ1) is 8.54. The molecule has 1 heterocycles. The van der Waals surface area contributed by atoms with Gasteiger partial charge in [0, 0.05) is 19.5 Å². The van der Waals surface area contributed by atoms with E-state index in [2.05, 4.69) is 13.0 Å². The molecule has 0 spiro atoms. The highest BCUT2D eigenvalue weighted by molar-refractivity contribution is 5.68. The second kappa shape index (κ2) is 5.17. The van der Waals surface area contributed by atoms with Gasteiger partial charge < -0.3 is 9.64 Å². The molecule has 0 bridgehead atoms. The SMILES string of the molecule is CC(OC(=O)N1CCC(C)(CC#N)CC1)C1CC1. The van der Waals surface area contributed by atoms with E-state index in [1.807, 2.05) is 6.92 Å². The van der Waals surface area contributed by atoms with Crippen molar-refractivity contribution in [1.82, 2.24) is 4.90 Å². The lowest BCUT2D eigenvalue weighted by Gasteiger charge is -2.37. The van der Waals surface area contributed by atoms with Crippen molar-refractivity contribution in [3.63, 3.8) is 0 Å². The fourth-order valence-corrected chi connectivity index (χ4v) is 2.49. The first-order valence-corrected chi connectivity index (χ1v) is 6.87. The number of rotatable bonds is 3. The van der Waals surface area contributed by atoms with Gasteiger partial charge in [-0.25, -0.2) is 4.79 Å². The van der Waals surface area contributed by atoms with Crippen molar-refractivity contribution in [2.75, 3.05) is 13.1 Å². The van der Waals surface area contributed by atoms with Crippen LogP contribution in [0.4, 0.5) is 4.79 Å². The Morgan fingerprint density at radius 1 is 1.50 bits per heavy atom. The number of carbonyl (C=O) groups is 1. The van der Waals surface area contributed by atoms with Gasteiger partial charge in [0.2, 0.25) is 0 Å². The van der Waals surface area contributed by atoms with Crippen molar-refractivity contribution in [3.8, 4) is 6.07 Å². The molecule has 0 aromatic heterocycles. The van der Waals surface area contributed by atoms with Crippen LogP contribution in [-0.2, 0) is 4.74 Å². The summed E-state index contributed by atoms with van der Waals surface area (Å²) in [5, 5.41) is 8.79. The quantitative estimate of drug-likeness (QED) is 0.773. The van der Waals surface area contributed by atoms with Crippen LogP contribution in [0.15, 0.2) is 0 Å². The van der Waals surface area contributed by atoms with Gasteiger partial charge in [-0.15, -0.1) is 0 Å². The summed E-state index contributed by atoms with van der Waals surface area (Å²) in [5.74, 6) is 0.586. The number of carbonyl (C=O) groups excluding carboxylic acids is 1. The highest BCUT2D eigenvalue weighted by Crippen LogP contribution is 2.36. The number of piperidine rings is 1. The molecule has 1 saturated heterocycles. The van der Waals surface area contributed by atoms with E-state index in [1.165, 1.54) is 12.8 Å². The first-order valence-electron chi connectivity index (χ1n) is 6.87. The van der Waals surface area contributed by atoms with Crippen LogP contribution in [0.2, 0.25) is 0 Å². The monoisotopic (exact) mass is 250 g/mol. The number of nitriles is 1. The zero-order valence-electron chi connectivity index (χ0n) is 11.3. The number of hydrogen-bond acceptors (Lipinski definition) is 3. The summed E-state index contributed by atoms with van der Waals surface area (Å²) < 4.78 is 5.46. The van der Waals surface area contributed by atoms with Gasteiger partial charge in [-0.1, -0.05) is 6.92 Å². The Balaban J connectivity index is 1.78. The molecule has 2 fully saturated rings. The summed E-state index contributed by atoms with van der Waals surface area (Å²) in [4.78, 5) is 13.7. The topological polar surface area (TPSA) is 53.3 Å². The molecule has 0 aromatic rings. The first kappa shape index (κ1) is 13.2. The van der Waals surface area contributed by atoms with E-state index >= 15 is 0 Å². The maximum Gasteiger partial charge on any atom is 0.410 e. The Kier molecular flexibility index (Phi) is 3.79. The normalized spacial score (nSPS) is 24.2. The van der Waals surface area contributed by atoms with Gasteiger partial charge in [0.05, 0.1) is 6.07 Å². The Morgan fingerprint density at radius 2 is 2.11 bits per heavy atom. The Labute approximate surface area is 109 Å². The van der Waals surface area contributed by atoms with E-state index in [9.17, 15) is 4.79 Å². The molecule has 4 nitrogen and oxygen atoms in total. The van der Waals surface area contributed by atoms with Gasteiger partial charge in [0.25, 0.3) is 0 Å². The summed E-state index contributed by atoms with van der Waals surface area (Å²) >= 11 is 0. The van der Waals surface area contributed by atoms with Gasteiger partial charge in [0.1, 0.15) is 6.10 Å². The summed E-state index contributed by atoms with van der Waals surface area (Å²) in [5.41, 5.74) is 0.0770. The molecule has 1 atom stereocenters. The molecule has 0 radical (unpaired) electrons. The van der Waals surface area contributed by atoms with Crippen molar-refractivity contribution in [2.24, 2.45) is 11.3 Å². The minimum atomic E-state index is -0.173. The summed E-state index contributed by atoms with van der Waals surface area (Å²) in [6.07, 6.45) is 4.64. The van der Waals surface area contributed by atoms with E-state index < -0.39 is 0 Å². The highest BCUT2D eigenvalue weighted by Gasteiger charge is 2.35. The molecule has 18 heavy (non-hydrogen) atoms. The van der Waals surface area contributed by atoms with E-state index in [4.69, 9.17) is 10.00 Å². The Bertz CT molecular complexity index is 349. The minimum Gasteiger partial charge on any atom is -0.446 e. The molecule has 1 amide bonds. The number of ether oxygens (including phenoxy) is 1. The fourth-order valence-electron chi connectivity index (χ4n) is 2.49. The molecular weight excluding hydrogens is 228 g/mol.